The van der Waals surface area contributed by atoms with Gasteiger partial charge in [0.1, 0.15) is 0 Å². The molecule has 1 heterocycles. The number of carbonyl (C=O) groups excluding carboxylic acids is 2. The van der Waals surface area contributed by atoms with Crippen molar-refractivity contribution >= 4 is 11.8 Å². The van der Waals surface area contributed by atoms with Gasteiger partial charge in [0, 0.05) is 32.0 Å². The second kappa shape index (κ2) is 8.82. The lowest BCUT2D eigenvalue weighted by molar-refractivity contribution is -0.133. The monoisotopic (exact) mass is 414 g/mol. The molecule has 1 saturated heterocycles. The Kier molecular flexibility index (Phi) is 6.12. The molecule has 168 valence electrons. The molecule has 0 unspecified atom stereocenters. The van der Waals surface area contributed by atoms with Gasteiger partial charge >= 0.3 is 0 Å². The Morgan fingerprint density at radius 3 is 2.03 bits per heavy atom. The SMILES string of the molecule is O=C(CC12CC3CC(CC(C3)C1)C2)NC1CCN(C(=O)CCC2CCCCC2)CC1. The second-order valence-corrected chi connectivity index (χ2v) is 11.9. The van der Waals surface area contributed by atoms with Crippen LogP contribution in [0.25, 0.3) is 0 Å². The van der Waals surface area contributed by atoms with Crippen LogP contribution in [0, 0.1) is 29.1 Å². The maximum Gasteiger partial charge on any atom is 0.222 e. The zero-order valence-corrected chi connectivity index (χ0v) is 18.9. The van der Waals surface area contributed by atoms with E-state index in [4.69, 9.17) is 0 Å². The number of hydrogen-bond donors (Lipinski definition) is 1. The molecular formula is C26H42N2O2. The van der Waals surface area contributed by atoms with Crippen molar-refractivity contribution in [2.45, 2.75) is 109 Å². The fourth-order valence-electron chi connectivity index (χ4n) is 8.36. The largest absolute Gasteiger partial charge is 0.353 e. The first-order valence-corrected chi connectivity index (χ1v) is 13.1. The van der Waals surface area contributed by atoms with Crippen molar-refractivity contribution < 1.29 is 9.59 Å². The molecule has 0 atom stereocenters. The molecule has 4 bridgehead atoms. The second-order valence-electron chi connectivity index (χ2n) is 11.9. The predicted octanol–water partition coefficient (Wildman–Crippen LogP) is 5.06. The number of rotatable bonds is 6. The first kappa shape index (κ1) is 20.8. The normalized spacial score (nSPS) is 36.8. The minimum Gasteiger partial charge on any atom is -0.353 e. The number of hydrogen-bond acceptors (Lipinski definition) is 2. The van der Waals surface area contributed by atoms with Gasteiger partial charge in [0.05, 0.1) is 0 Å². The number of nitrogens with zero attached hydrogens (tertiary/aromatic N) is 1. The number of piperidine rings is 1. The standard InChI is InChI=1S/C26H42N2O2/c29-24(18-26-15-20-12-21(16-26)14-22(13-20)17-26)27-23-8-10-28(11-9-23)25(30)7-6-19-4-2-1-3-5-19/h19-23H,1-18H2,(H,27,29). The Morgan fingerprint density at radius 1 is 0.833 bits per heavy atom. The summed E-state index contributed by atoms with van der Waals surface area (Å²) in [6.45, 7) is 1.65. The van der Waals surface area contributed by atoms with Gasteiger partial charge in [0.25, 0.3) is 0 Å². The highest BCUT2D eigenvalue weighted by molar-refractivity contribution is 5.78. The van der Waals surface area contributed by atoms with Crippen LogP contribution in [0.5, 0.6) is 0 Å². The summed E-state index contributed by atoms with van der Waals surface area (Å²) in [6, 6.07) is 0.272. The van der Waals surface area contributed by atoms with Crippen LogP contribution in [0.1, 0.15) is 103 Å². The van der Waals surface area contributed by atoms with E-state index in [9.17, 15) is 9.59 Å². The summed E-state index contributed by atoms with van der Waals surface area (Å²) < 4.78 is 0. The van der Waals surface area contributed by atoms with Crippen LogP contribution in [0.2, 0.25) is 0 Å². The lowest BCUT2D eigenvalue weighted by atomic mass is 9.49. The van der Waals surface area contributed by atoms with Gasteiger partial charge < -0.3 is 10.2 Å². The Balaban J connectivity index is 1.03. The summed E-state index contributed by atoms with van der Waals surface area (Å²) in [6.07, 6.45) is 19.4. The van der Waals surface area contributed by atoms with E-state index in [0.29, 0.717) is 17.2 Å². The fraction of sp³-hybridized carbons (Fsp3) is 0.923. The van der Waals surface area contributed by atoms with Crippen LogP contribution in [0.3, 0.4) is 0 Å². The van der Waals surface area contributed by atoms with E-state index < -0.39 is 0 Å². The molecule has 4 heteroatoms. The molecule has 0 spiro atoms. The van der Waals surface area contributed by atoms with Gasteiger partial charge in [-0.05, 0) is 86.9 Å². The van der Waals surface area contributed by atoms with Gasteiger partial charge in [-0.3, -0.25) is 9.59 Å². The number of likely N-dealkylation sites (tertiary alicyclic amines) is 1. The maximum absolute atomic E-state index is 12.9. The Morgan fingerprint density at radius 2 is 1.43 bits per heavy atom. The maximum atomic E-state index is 12.9. The summed E-state index contributed by atoms with van der Waals surface area (Å²) in [4.78, 5) is 27.6. The number of nitrogens with one attached hydrogen (secondary N) is 1. The van der Waals surface area contributed by atoms with Gasteiger partial charge in [0.15, 0.2) is 0 Å². The van der Waals surface area contributed by atoms with Gasteiger partial charge in [-0.2, -0.15) is 0 Å². The minimum atomic E-state index is 0.272. The Labute approximate surface area is 182 Å². The van der Waals surface area contributed by atoms with E-state index in [0.717, 1.165) is 68.9 Å². The highest BCUT2D eigenvalue weighted by atomic mass is 16.2. The van der Waals surface area contributed by atoms with Crippen molar-refractivity contribution in [3.05, 3.63) is 0 Å². The third kappa shape index (κ3) is 4.72. The van der Waals surface area contributed by atoms with E-state index in [2.05, 4.69) is 10.2 Å². The topological polar surface area (TPSA) is 49.4 Å². The van der Waals surface area contributed by atoms with Crippen molar-refractivity contribution in [1.29, 1.82) is 0 Å². The average Bonchev–Trinajstić information content (AvgIpc) is 2.72. The quantitative estimate of drug-likeness (QED) is 0.660. The van der Waals surface area contributed by atoms with E-state index in [1.165, 1.54) is 70.6 Å². The number of carbonyl (C=O) groups is 2. The summed E-state index contributed by atoms with van der Waals surface area (Å²) in [5.74, 6) is 4.15. The van der Waals surface area contributed by atoms with Crippen molar-refractivity contribution in [1.82, 2.24) is 10.2 Å². The van der Waals surface area contributed by atoms with Crippen LogP contribution in [0.15, 0.2) is 0 Å². The fourth-order valence-corrected chi connectivity index (χ4v) is 8.36. The summed E-state index contributed by atoms with van der Waals surface area (Å²) in [5, 5.41) is 3.36. The van der Waals surface area contributed by atoms with E-state index in [-0.39, 0.29) is 6.04 Å². The third-order valence-corrected chi connectivity index (χ3v) is 9.40. The van der Waals surface area contributed by atoms with Gasteiger partial charge in [0.2, 0.25) is 11.8 Å². The molecule has 6 rings (SSSR count). The van der Waals surface area contributed by atoms with Crippen LogP contribution < -0.4 is 5.32 Å². The van der Waals surface area contributed by atoms with Crippen molar-refractivity contribution in [3.63, 3.8) is 0 Å². The van der Waals surface area contributed by atoms with Gasteiger partial charge in [-0.25, -0.2) is 0 Å². The molecule has 2 amide bonds. The van der Waals surface area contributed by atoms with Crippen LogP contribution >= 0.6 is 0 Å². The smallest absolute Gasteiger partial charge is 0.222 e. The van der Waals surface area contributed by atoms with Crippen LogP contribution in [-0.2, 0) is 9.59 Å². The van der Waals surface area contributed by atoms with Crippen molar-refractivity contribution in [2.24, 2.45) is 29.1 Å². The first-order valence-electron chi connectivity index (χ1n) is 13.1. The molecule has 5 saturated carbocycles. The number of amides is 2. The molecular weight excluding hydrogens is 372 g/mol. The highest BCUT2D eigenvalue weighted by Crippen LogP contribution is 2.61. The molecule has 4 nitrogen and oxygen atoms in total. The van der Waals surface area contributed by atoms with Crippen molar-refractivity contribution in [3.8, 4) is 0 Å². The molecule has 6 fully saturated rings. The lowest BCUT2D eigenvalue weighted by Gasteiger charge is -2.56. The van der Waals surface area contributed by atoms with E-state index >= 15 is 0 Å². The van der Waals surface area contributed by atoms with E-state index in [1.54, 1.807) is 0 Å². The Bertz CT molecular complexity index is 596. The molecule has 0 aromatic rings. The molecule has 1 aliphatic heterocycles. The van der Waals surface area contributed by atoms with E-state index in [1.807, 2.05) is 0 Å². The summed E-state index contributed by atoms with van der Waals surface area (Å²) >= 11 is 0. The lowest BCUT2D eigenvalue weighted by Crippen LogP contribution is -2.50. The molecule has 5 aliphatic carbocycles. The van der Waals surface area contributed by atoms with Gasteiger partial charge in [-0.1, -0.05) is 32.1 Å². The zero-order chi connectivity index (χ0) is 20.6. The zero-order valence-electron chi connectivity index (χ0n) is 18.9. The van der Waals surface area contributed by atoms with Crippen LogP contribution in [-0.4, -0.2) is 35.8 Å². The minimum absolute atomic E-state index is 0.272. The Hall–Kier alpha value is -1.06. The molecule has 6 aliphatic rings. The molecule has 0 aromatic carbocycles. The average molecular weight is 415 g/mol. The van der Waals surface area contributed by atoms with Crippen LogP contribution in [0.4, 0.5) is 0 Å². The molecule has 1 N–H and O–H groups in total. The predicted molar refractivity (Wildman–Crippen MR) is 119 cm³/mol. The summed E-state index contributed by atoms with van der Waals surface area (Å²) in [7, 11) is 0. The molecule has 30 heavy (non-hydrogen) atoms. The van der Waals surface area contributed by atoms with Gasteiger partial charge in [-0.15, -0.1) is 0 Å². The highest BCUT2D eigenvalue weighted by Gasteiger charge is 2.51. The summed E-state index contributed by atoms with van der Waals surface area (Å²) in [5.41, 5.74) is 0.328. The molecule has 0 radical (unpaired) electrons. The molecule has 0 aromatic heterocycles. The third-order valence-electron chi connectivity index (χ3n) is 9.40. The first-order chi connectivity index (χ1) is 14.6. The van der Waals surface area contributed by atoms with Crippen molar-refractivity contribution in [2.75, 3.05) is 13.1 Å².